The van der Waals surface area contributed by atoms with Crippen molar-refractivity contribution in [2.75, 3.05) is 6.26 Å². The lowest BCUT2D eigenvalue weighted by molar-refractivity contribution is 0.592. The van der Waals surface area contributed by atoms with E-state index in [2.05, 4.69) is 9.97 Å². The normalized spacial score (nSPS) is 11.6. The molecule has 1 heterocycles. The minimum atomic E-state index is -3.33. The average Bonchev–Trinajstić information content (AvgIpc) is 2.03. The maximum Gasteiger partial charge on any atom is 0.247 e. The third-order valence-electron chi connectivity index (χ3n) is 1.46. The fraction of sp³-hybridized carbons (Fsp3) is 0.429. The van der Waals surface area contributed by atoms with Crippen LogP contribution < -0.4 is 0 Å². The zero-order chi connectivity index (χ0) is 10.1. The van der Waals surface area contributed by atoms with Crippen LogP contribution in [-0.2, 0) is 16.3 Å². The molecule has 1 aromatic heterocycles. The molecule has 1 rings (SSSR count). The zero-order valence-corrected chi connectivity index (χ0v) is 8.85. The highest BCUT2D eigenvalue weighted by molar-refractivity contribution is 7.90. The highest BCUT2D eigenvalue weighted by atomic mass is 35.5. The predicted octanol–water partition coefficient (Wildman–Crippen LogP) is 1.10. The maximum absolute atomic E-state index is 11.0. The Bertz CT molecular complexity index is 417. The number of hydrogen-bond acceptors (Lipinski definition) is 4. The molecule has 0 radical (unpaired) electrons. The molecule has 0 N–H and O–H groups in total. The molecule has 0 aliphatic carbocycles. The van der Waals surface area contributed by atoms with Gasteiger partial charge in [-0.15, -0.1) is 0 Å². The first-order valence-electron chi connectivity index (χ1n) is 3.66. The third-order valence-corrected chi connectivity index (χ3v) is 2.64. The van der Waals surface area contributed by atoms with Crippen molar-refractivity contribution in [2.45, 2.75) is 18.5 Å². The van der Waals surface area contributed by atoms with Crippen molar-refractivity contribution < 1.29 is 8.42 Å². The standard InChI is InChI=1S/C7H9ClN2O2S/c1-3-6-5(8)4-9-7(10-6)13(2,11)12/h4H,3H2,1-2H3. The number of aromatic nitrogens is 2. The second-order valence-corrected chi connectivity index (χ2v) is 4.89. The van der Waals surface area contributed by atoms with Crippen molar-refractivity contribution in [1.82, 2.24) is 9.97 Å². The van der Waals surface area contributed by atoms with Crippen molar-refractivity contribution in [2.24, 2.45) is 0 Å². The van der Waals surface area contributed by atoms with Crippen LogP contribution in [0.15, 0.2) is 11.4 Å². The molecule has 0 saturated carbocycles. The summed E-state index contributed by atoms with van der Waals surface area (Å²) in [6.45, 7) is 1.85. The summed E-state index contributed by atoms with van der Waals surface area (Å²) in [6.07, 6.45) is 2.96. The molecule has 0 spiro atoms. The van der Waals surface area contributed by atoms with Crippen LogP contribution in [0.25, 0.3) is 0 Å². The first kappa shape index (κ1) is 10.4. The summed E-state index contributed by atoms with van der Waals surface area (Å²) < 4.78 is 22.1. The van der Waals surface area contributed by atoms with E-state index in [0.29, 0.717) is 17.1 Å². The largest absolute Gasteiger partial charge is 0.247 e. The summed E-state index contributed by atoms with van der Waals surface area (Å²) in [5.74, 6) is 0. The SMILES string of the molecule is CCc1nc(S(C)(=O)=O)ncc1Cl. The summed E-state index contributed by atoms with van der Waals surface area (Å²) in [6, 6.07) is 0. The van der Waals surface area contributed by atoms with Crippen LogP contribution >= 0.6 is 11.6 Å². The van der Waals surface area contributed by atoms with Crippen molar-refractivity contribution in [3.05, 3.63) is 16.9 Å². The molecule has 0 saturated heterocycles. The van der Waals surface area contributed by atoms with Crippen LogP contribution in [0.4, 0.5) is 0 Å². The third kappa shape index (κ3) is 2.38. The Labute approximate surface area is 81.9 Å². The number of nitrogens with zero attached hydrogens (tertiary/aromatic N) is 2. The number of aryl methyl sites for hydroxylation is 1. The van der Waals surface area contributed by atoms with E-state index >= 15 is 0 Å². The van der Waals surface area contributed by atoms with E-state index in [0.717, 1.165) is 6.26 Å². The lowest BCUT2D eigenvalue weighted by Crippen LogP contribution is -2.05. The van der Waals surface area contributed by atoms with E-state index in [1.165, 1.54) is 6.20 Å². The second-order valence-electron chi connectivity index (χ2n) is 2.57. The molecule has 4 nitrogen and oxygen atoms in total. The van der Waals surface area contributed by atoms with Gasteiger partial charge in [0.25, 0.3) is 0 Å². The van der Waals surface area contributed by atoms with Crippen LogP contribution in [-0.4, -0.2) is 24.6 Å². The van der Waals surface area contributed by atoms with Crippen LogP contribution in [0.2, 0.25) is 5.02 Å². The van der Waals surface area contributed by atoms with Gasteiger partial charge in [-0.3, -0.25) is 0 Å². The summed E-state index contributed by atoms with van der Waals surface area (Å²) in [5, 5.41) is 0.226. The van der Waals surface area contributed by atoms with Gasteiger partial charge < -0.3 is 0 Å². The van der Waals surface area contributed by atoms with Crippen LogP contribution in [0.3, 0.4) is 0 Å². The molecule has 0 fully saturated rings. The minimum absolute atomic E-state index is 0.172. The minimum Gasteiger partial charge on any atom is -0.225 e. The molecule has 0 unspecified atom stereocenters. The lowest BCUT2D eigenvalue weighted by atomic mass is 10.3. The van der Waals surface area contributed by atoms with E-state index in [1.54, 1.807) is 0 Å². The van der Waals surface area contributed by atoms with Crippen LogP contribution in [0.1, 0.15) is 12.6 Å². The Kier molecular flexibility index (Phi) is 2.87. The van der Waals surface area contributed by atoms with Gasteiger partial charge in [0.2, 0.25) is 15.0 Å². The topological polar surface area (TPSA) is 59.9 Å². The molecule has 1 aromatic rings. The van der Waals surface area contributed by atoms with Crippen molar-refractivity contribution in [3.8, 4) is 0 Å². The monoisotopic (exact) mass is 220 g/mol. The Morgan fingerprint density at radius 2 is 2.15 bits per heavy atom. The second kappa shape index (κ2) is 3.59. The van der Waals surface area contributed by atoms with E-state index in [4.69, 9.17) is 11.6 Å². The van der Waals surface area contributed by atoms with Gasteiger partial charge in [0.15, 0.2) is 0 Å². The summed E-state index contributed by atoms with van der Waals surface area (Å²) in [5.41, 5.74) is 0.553. The van der Waals surface area contributed by atoms with E-state index in [-0.39, 0.29) is 5.16 Å². The Morgan fingerprint density at radius 3 is 2.62 bits per heavy atom. The average molecular weight is 221 g/mol. The van der Waals surface area contributed by atoms with Gasteiger partial charge in [0.1, 0.15) is 0 Å². The molecular weight excluding hydrogens is 212 g/mol. The first-order valence-corrected chi connectivity index (χ1v) is 5.93. The summed E-state index contributed by atoms with van der Waals surface area (Å²) in [7, 11) is -3.33. The van der Waals surface area contributed by atoms with Gasteiger partial charge >= 0.3 is 0 Å². The van der Waals surface area contributed by atoms with E-state index in [1.807, 2.05) is 6.92 Å². The highest BCUT2D eigenvalue weighted by Crippen LogP contribution is 2.14. The predicted molar refractivity (Wildman–Crippen MR) is 49.5 cm³/mol. The quantitative estimate of drug-likeness (QED) is 0.701. The van der Waals surface area contributed by atoms with Crippen molar-refractivity contribution in [3.63, 3.8) is 0 Å². The summed E-state index contributed by atoms with van der Waals surface area (Å²) in [4.78, 5) is 7.46. The van der Waals surface area contributed by atoms with Gasteiger partial charge in [-0.1, -0.05) is 18.5 Å². The van der Waals surface area contributed by atoms with Crippen LogP contribution in [0, 0.1) is 0 Å². The lowest BCUT2D eigenvalue weighted by Gasteiger charge is -2.01. The zero-order valence-electron chi connectivity index (χ0n) is 7.28. The van der Waals surface area contributed by atoms with Gasteiger partial charge in [0, 0.05) is 6.26 Å². The molecule has 0 atom stereocenters. The van der Waals surface area contributed by atoms with Gasteiger partial charge in [-0.25, -0.2) is 18.4 Å². The van der Waals surface area contributed by atoms with E-state index < -0.39 is 9.84 Å². The number of hydrogen-bond donors (Lipinski definition) is 0. The molecule has 0 bridgehead atoms. The highest BCUT2D eigenvalue weighted by Gasteiger charge is 2.12. The van der Waals surface area contributed by atoms with Crippen molar-refractivity contribution >= 4 is 21.4 Å². The molecular formula is C7H9ClN2O2S. The number of rotatable bonds is 2. The van der Waals surface area contributed by atoms with Gasteiger partial charge in [0.05, 0.1) is 16.9 Å². The maximum atomic E-state index is 11.0. The molecule has 13 heavy (non-hydrogen) atoms. The molecule has 0 aliphatic rings. The molecule has 0 aromatic carbocycles. The number of sulfone groups is 1. The Hall–Kier alpha value is -0.680. The smallest absolute Gasteiger partial charge is 0.225 e. The molecule has 72 valence electrons. The van der Waals surface area contributed by atoms with Crippen molar-refractivity contribution in [1.29, 1.82) is 0 Å². The fourth-order valence-electron chi connectivity index (χ4n) is 0.811. The van der Waals surface area contributed by atoms with Crippen LogP contribution in [0.5, 0.6) is 0 Å². The number of halogens is 1. The van der Waals surface area contributed by atoms with Gasteiger partial charge in [-0.05, 0) is 6.42 Å². The Balaban J connectivity index is 3.30. The summed E-state index contributed by atoms with van der Waals surface area (Å²) >= 11 is 5.73. The Morgan fingerprint density at radius 1 is 1.54 bits per heavy atom. The molecule has 6 heteroatoms. The fourth-order valence-corrected chi connectivity index (χ4v) is 1.56. The first-order chi connectivity index (χ1) is 5.95. The molecule has 0 aliphatic heterocycles. The molecule has 0 amide bonds. The van der Waals surface area contributed by atoms with E-state index in [9.17, 15) is 8.42 Å². The van der Waals surface area contributed by atoms with Gasteiger partial charge in [-0.2, -0.15) is 0 Å².